The third-order valence-electron chi connectivity index (χ3n) is 3.71. The first-order valence-corrected chi connectivity index (χ1v) is 5.54. The minimum absolute atomic E-state index is 0.679. The van der Waals surface area contributed by atoms with Crippen molar-refractivity contribution in [2.75, 3.05) is 6.54 Å². The predicted molar refractivity (Wildman–Crippen MR) is 53.0 cm³/mol. The first-order valence-electron chi connectivity index (χ1n) is 5.54. The lowest BCUT2D eigenvalue weighted by molar-refractivity contribution is 0.202. The summed E-state index contributed by atoms with van der Waals surface area (Å²) in [6, 6.07) is 0.738. The monoisotopic (exact) mass is 192 g/mol. The van der Waals surface area contributed by atoms with Gasteiger partial charge in [0.1, 0.15) is 6.26 Å². The predicted octanol–water partition coefficient (Wildman–Crippen LogP) is 1.92. The van der Waals surface area contributed by atoms with E-state index >= 15 is 0 Å². The van der Waals surface area contributed by atoms with Crippen LogP contribution in [0.4, 0.5) is 0 Å². The Morgan fingerprint density at radius 3 is 3.14 bits per heavy atom. The molecule has 0 radical (unpaired) electrons. The zero-order valence-corrected chi connectivity index (χ0v) is 8.28. The fraction of sp³-hybridized carbons (Fsp3) is 0.727. The molecule has 3 nitrogen and oxygen atoms in total. The molecule has 3 atom stereocenters. The molecule has 0 aromatic carbocycles. The van der Waals surface area contributed by atoms with E-state index in [0.29, 0.717) is 5.92 Å². The van der Waals surface area contributed by atoms with Crippen molar-refractivity contribution in [3.05, 3.63) is 18.0 Å². The molecule has 3 unspecified atom stereocenters. The summed E-state index contributed by atoms with van der Waals surface area (Å²) in [7, 11) is 0. The van der Waals surface area contributed by atoms with Crippen molar-refractivity contribution in [2.24, 2.45) is 5.92 Å². The Morgan fingerprint density at radius 1 is 1.36 bits per heavy atom. The summed E-state index contributed by atoms with van der Waals surface area (Å²) < 4.78 is 4.92. The largest absolute Gasteiger partial charge is 0.364 e. The molecule has 0 spiro atoms. The van der Waals surface area contributed by atoms with E-state index in [2.05, 4.69) is 10.5 Å². The molecular weight excluding hydrogens is 176 g/mol. The van der Waals surface area contributed by atoms with Crippen molar-refractivity contribution >= 4 is 0 Å². The average Bonchev–Trinajstić information content (AvgIpc) is 2.69. The Kier molecular flexibility index (Phi) is 2.05. The number of hydrogen-bond donors (Lipinski definition) is 1. The van der Waals surface area contributed by atoms with Crippen LogP contribution in [0.1, 0.15) is 37.2 Å². The Morgan fingerprint density at radius 2 is 2.36 bits per heavy atom. The highest BCUT2D eigenvalue weighted by Crippen LogP contribution is 2.39. The maximum absolute atomic E-state index is 4.92. The van der Waals surface area contributed by atoms with Crippen LogP contribution in [0, 0.1) is 5.92 Å². The van der Waals surface area contributed by atoms with E-state index < -0.39 is 0 Å². The second-order valence-electron chi connectivity index (χ2n) is 4.67. The standard InChI is InChI=1S/C11H16N2O/c1-2-12-11-4-8(1)3-9(5-11)10-6-13-14-7-10/h6-9,11-12H,1-5H2. The molecule has 1 aliphatic carbocycles. The van der Waals surface area contributed by atoms with Crippen LogP contribution in [-0.4, -0.2) is 17.7 Å². The van der Waals surface area contributed by atoms with Gasteiger partial charge in [-0.15, -0.1) is 0 Å². The molecule has 2 fully saturated rings. The molecule has 1 aliphatic heterocycles. The highest BCUT2D eigenvalue weighted by molar-refractivity contribution is 5.12. The van der Waals surface area contributed by atoms with Crippen molar-refractivity contribution in [3.8, 4) is 0 Å². The van der Waals surface area contributed by atoms with Crippen LogP contribution < -0.4 is 5.32 Å². The van der Waals surface area contributed by atoms with Crippen molar-refractivity contribution < 1.29 is 4.52 Å². The van der Waals surface area contributed by atoms with E-state index in [4.69, 9.17) is 4.52 Å². The number of nitrogens with one attached hydrogen (secondary N) is 1. The van der Waals surface area contributed by atoms with E-state index in [1.54, 1.807) is 0 Å². The lowest BCUT2D eigenvalue weighted by atomic mass is 9.73. The first-order chi connectivity index (χ1) is 6.92. The van der Waals surface area contributed by atoms with Crippen LogP contribution in [0.2, 0.25) is 0 Å². The van der Waals surface area contributed by atoms with E-state index in [1.165, 1.54) is 37.8 Å². The third-order valence-corrected chi connectivity index (χ3v) is 3.71. The summed E-state index contributed by atoms with van der Waals surface area (Å²) in [6.45, 7) is 1.21. The fourth-order valence-corrected chi connectivity index (χ4v) is 3.02. The van der Waals surface area contributed by atoms with E-state index in [0.717, 1.165) is 12.0 Å². The van der Waals surface area contributed by atoms with Gasteiger partial charge in [0.2, 0.25) is 0 Å². The summed E-state index contributed by atoms with van der Waals surface area (Å²) in [4.78, 5) is 0. The van der Waals surface area contributed by atoms with E-state index in [9.17, 15) is 0 Å². The Balaban J connectivity index is 1.77. The SMILES string of the molecule is c1nocc1C1CC2CCNC(C2)C1. The highest BCUT2D eigenvalue weighted by atomic mass is 16.5. The Hall–Kier alpha value is -0.830. The molecule has 2 heterocycles. The molecule has 3 heteroatoms. The summed E-state index contributed by atoms with van der Waals surface area (Å²) in [5.41, 5.74) is 1.29. The number of piperidine rings is 1. The summed E-state index contributed by atoms with van der Waals surface area (Å²) in [5.74, 6) is 1.60. The molecule has 0 amide bonds. The highest BCUT2D eigenvalue weighted by Gasteiger charge is 2.32. The molecule has 76 valence electrons. The molecule has 1 aromatic rings. The maximum atomic E-state index is 4.92. The lowest BCUT2D eigenvalue weighted by Crippen LogP contribution is -2.42. The second-order valence-corrected chi connectivity index (χ2v) is 4.67. The molecule has 14 heavy (non-hydrogen) atoms. The molecule has 1 saturated heterocycles. The van der Waals surface area contributed by atoms with Gasteiger partial charge in [-0.2, -0.15) is 0 Å². The van der Waals surface area contributed by atoms with Gasteiger partial charge in [-0.3, -0.25) is 0 Å². The maximum Gasteiger partial charge on any atom is 0.127 e. The van der Waals surface area contributed by atoms with Crippen LogP contribution in [0.25, 0.3) is 0 Å². The van der Waals surface area contributed by atoms with Crippen LogP contribution >= 0.6 is 0 Å². The smallest absolute Gasteiger partial charge is 0.127 e. The number of aromatic nitrogens is 1. The van der Waals surface area contributed by atoms with Gasteiger partial charge < -0.3 is 9.84 Å². The van der Waals surface area contributed by atoms with Crippen LogP contribution in [0.15, 0.2) is 17.0 Å². The van der Waals surface area contributed by atoms with Crippen molar-refractivity contribution in [1.29, 1.82) is 0 Å². The lowest BCUT2D eigenvalue weighted by Gasteiger charge is -2.39. The van der Waals surface area contributed by atoms with E-state index in [1.807, 2.05) is 12.5 Å². The summed E-state index contributed by atoms with van der Waals surface area (Å²) in [5, 5.41) is 7.39. The minimum Gasteiger partial charge on any atom is -0.364 e. The first kappa shape index (κ1) is 8.48. The summed E-state index contributed by atoms with van der Waals surface area (Å²) >= 11 is 0. The topological polar surface area (TPSA) is 38.1 Å². The summed E-state index contributed by atoms with van der Waals surface area (Å²) in [6.07, 6.45) is 9.01. The normalized spacial score (nSPS) is 37.0. The van der Waals surface area contributed by atoms with E-state index in [-0.39, 0.29) is 0 Å². The van der Waals surface area contributed by atoms with Gasteiger partial charge in [0, 0.05) is 11.6 Å². The van der Waals surface area contributed by atoms with Crippen LogP contribution in [-0.2, 0) is 0 Å². The molecule has 1 aromatic heterocycles. The molecule has 2 aliphatic rings. The van der Waals surface area contributed by atoms with Crippen molar-refractivity contribution in [2.45, 2.75) is 37.6 Å². The van der Waals surface area contributed by atoms with Gasteiger partial charge in [-0.25, -0.2) is 0 Å². The number of rotatable bonds is 1. The zero-order valence-electron chi connectivity index (χ0n) is 8.28. The Labute approximate surface area is 83.9 Å². The van der Waals surface area contributed by atoms with Crippen LogP contribution in [0.3, 0.4) is 0 Å². The number of fused-ring (bicyclic) bond motifs is 2. The molecule has 2 bridgehead atoms. The van der Waals surface area contributed by atoms with Gasteiger partial charge >= 0.3 is 0 Å². The van der Waals surface area contributed by atoms with Crippen molar-refractivity contribution in [1.82, 2.24) is 10.5 Å². The third kappa shape index (κ3) is 1.46. The van der Waals surface area contributed by atoms with Gasteiger partial charge in [0.15, 0.2) is 0 Å². The Bertz CT molecular complexity index is 284. The van der Waals surface area contributed by atoms with Gasteiger partial charge in [0.25, 0.3) is 0 Å². The quantitative estimate of drug-likeness (QED) is 0.738. The van der Waals surface area contributed by atoms with Crippen LogP contribution in [0.5, 0.6) is 0 Å². The average molecular weight is 192 g/mol. The van der Waals surface area contributed by atoms with Gasteiger partial charge in [-0.05, 0) is 44.1 Å². The van der Waals surface area contributed by atoms with Gasteiger partial charge in [-0.1, -0.05) is 5.16 Å². The molecular formula is C11H16N2O. The van der Waals surface area contributed by atoms with Crippen molar-refractivity contribution in [3.63, 3.8) is 0 Å². The minimum atomic E-state index is 0.679. The number of hydrogen-bond acceptors (Lipinski definition) is 3. The zero-order chi connectivity index (χ0) is 9.38. The molecule has 3 rings (SSSR count). The molecule has 1 saturated carbocycles. The fourth-order valence-electron chi connectivity index (χ4n) is 3.02. The second kappa shape index (κ2) is 3.39. The molecule has 1 N–H and O–H groups in total. The number of nitrogens with zero attached hydrogens (tertiary/aromatic N) is 1. The van der Waals surface area contributed by atoms with Gasteiger partial charge in [0.05, 0.1) is 6.20 Å².